The fourth-order valence-electron chi connectivity index (χ4n) is 3.45. The molecule has 0 fully saturated rings. The zero-order chi connectivity index (χ0) is 19.6. The van der Waals surface area contributed by atoms with Gasteiger partial charge in [0.1, 0.15) is 17.3 Å². The van der Waals surface area contributed by atoms with Crippen molar-refractivity contribution in [1.82, 2.24) is 15.0 Å². The van der Waals surface area contributed by atoms with E-state index in [1.54, 1.807) is 6.33 Å². The maximum absolute atomic E-state index is 5.60. The second-order valence-corrected chi connectivity index (χ2v) is 7.04. The van der Waals surface area contributed by atoms with Crippen LogP contribution >= 0.6 is 0 Å². The lowest BCUT2D eigenvalue weighted by molar-refractivity contribution is 0.490. The van der Waals surface area contributed by atoms with E-state index in [1.807, 2.05) is 37.3 Å². The summed E-state index contributed by atoms with van der Waals surface area (Å²) in [6, 6.07) is 20.4. The Morgan fingerprint density at radius 2 is 1.90 bits per heavy atom. The van der Waals surface area contributed by atoms with Gasteiger partial charge in [-0.25, -0.2) is 9.97 Å². The summed E-state index contributed by atoms with van der Waals surface area (Å²) in [5, 5.41) is 7.94. The second-order valence-electron chi connectivity index (χ2n) is 7.04. The third-order valence-electron chi connectivity index (χ3n) is 4.94. The van der Waals surface area contributed by atoms with Crippen LogP contribution in [0.4, 0.5) is 11.5 Å². The first-order valence-corrected chi connectivity index (χ1v) is 9.59. The Morgan fingerprint density at radius 3 is 2.79 bits per heavy atom. The van der Waals surface area contributed by atoms with Crippen LogP contribution in [-0.4, -0.2) is 15.0 Å². The topological polar surface area (TPSA) is 78.8 Å². The number of H-pyrrole nitrogens is 1. The van der Waals surface area contributed by atoms with E-state index in [0.717, 1.165) is 51.5 Å². The lowest BCUT2D eigenvalue weighted by atomic mass is 10.1. The van der Waals surface area contributed by atoms with Gasteiger partial charge in [0.25, 0.3) is 0 Å². The van der Waals surface area contributed by atoms with Crippen LogP contribution in [0.5, 0.6) is 0 Å². The van der Waals surface area contributed by atoms with Crippen LogP contribution in [0.2, 0.25) is 0 Å². The molecule has 0 unspecified atom stereocenters. The molecule has 144 valence electrons. The standard InChI is InChI=1S/C23H21N5O/c1-15-5-7-17(29-15)13-25-23-10-8-18-19(3-2-4-20(18)28-23)24-12-16-6-9-21-22(11-16)27-14-26-21/h2-11,14,24H,12-13H2,1H3,(H,25,28)(H,26,27). The summed E-state index contributed by atoms with van der Waals surface area (Å²) in [5.74, 6) is 2.64. The van der Waals surface area contributed by atoms with E-state index in [2.05, 4.69) is 50.9 Å². The van der Waals surface area contributed by atoms with E-state index < -0.39 is 0 Å². The third-order valence-corrected chi connectivity index (χ3v) is 4.94. The maximum Gasteiger partial charge on any atom is 0.127 e. The van der Waals surface area contributed by atoms with Gasteiger partial charge in [0, 0.05) is 17.6 Å². The van der Waals surface area contributed by atoms with Gasteiger partial charge in [-0.05, 0) is 61.0 Å². The second kappa shape index (κ2) is 7.31. The van der Waals surface area contributed by atoms with Gasteiger partial charge in [-0.3, -0.25) is 0 Å². The highest BCUT2D eigenvalue weighted by molar-refractivity contribution is 5.92. The largest absolute Gasteiger partial charge is 0.465 e. The van der Waals surface area contributed by atoms with Crippen LogP contribution in [0, 0.1) is 6.92 Å². The number of benzene rings is 2. The van der Waals surface area contributed by atoms with Crippen LogP contribution in [0.3, 0.4) is 0 Å². The minimum atomic E-state index is 0.611. The summed E-state index contributed by atoms with van der Waals surface area (Å²) in [4.78, 5) is 12.2. The van der Waals surface area contributed by atoms with Crippen molar-refractivity contribution in [3.63, 3.8) is 0 Å². The van der Waals surface area contributed by atoms with Crippen molar-refractivity contribution < 1.29 is 4.42 Å². The number of hydrogen-bond acceptors (Lipinski definition) is 5. The Kier molecular flexibility index (Phi) is 4.37. The number of anilines is 2. The Bertz CT molecular complexity index is 1290. The predicted molar refractivity (Wildman–Crippen MR) is 116 cm³/mol. The van der Waals surface area contributed by atoms with Crippen molar-refractivity contribution in [3.05, 3.63) is 84.1 Å². The third kappa shape index (κ3) is 3.65. The summed E-state index contributed by atoms with van der Waals surface area (Å²) in [6.45, 7) is 3.28. The molecule has 6 nitrogen and oxygen atoms in total. The van der Waals surface area contributed by atoms with Crippen molar-refractivity contribution in [2.24, 2.45) is 0 Å². The lowest BCUT2D eigenvalue weighted by Gasteiger charge is -2.11. The fraction of sp³-hybridized carbons (Fsp3) is 0.130. The molecule has 5 rings (SSSR count). The highest BCUT2D eigenvalue weighted by Gasteiger charge is 2.05. The average molecular weight is 383 g/mol. The SMILES string of the molecule is Cc1ccc(CNc2ccc3c(NCc4ccc5[nH]cnc5c4)cccc3n2)o1. The van der Waals surface area contributed by atoms with Crippen molar-refractivity contribution >= 4 is 33.4 Å². The van der Waals surface area contributed by atoms with Crippen molar-refractivity contribution in [3.8, 4) is 0 Å². The van der Waals surface area contributed by atoms with Crippen LogP contribution in [-0.2, 0) is 13.1 Å². The van der Waals surface area contributed by atoms with E-state index in [-0.39, 0.29) is 0 Å². The monoisotopic (exact) mass is 383 g/mol. The number of rotatable bonds is 6. The first-order valence-electron chi connectivity index (χ1n) is 9.59. The Balaban J connectivity index is 1.32. The molecule has 0 spiro atoms. The van der Waals surface area contributed by atoms with Gasteiger partial charge in [0.05, 0.1) is 29.4 Å². The fourth-order valence-corrected chi connectivity index (χ4v) is 3.45. The molecule has 5 aromatic rings. The molecule has 0 saturated heterocycles. The van der Waals surface area contributed by atoms with Crippen molar-refractivity contribution in [2.45, 2.75) is 20.0 Å². The Labute approximate surface area is 168 Å². The van der Waals surface area contributed by atoms with Crippen molar-refractivity contribution in [2.75, 3.05) is 10.6 Å². The molecule has 2 aromatic carbocycles. The molecule has 0 saturated carbocycles. The Hall–Kier alpha value is -3.80. The molecule has 0 radical (unpaired) electrons. The van der Waals surface area contributed by atoms with E-state index in [4.69, 9.17) is 9.40 Å². The number of pyridine rings is 1. The van der Waals surface area contributed by atoms with E-state index in [9.17, 15) is 0 Å². The number of furan rings is 1. The normalized spacial score (nSPS) is 11.2. The molecule has 6 heteroatoms. The molecule has 0 bridgehead atoms. The molecule has 3 aromatic heterocycles. The van der Waals surface area contributed by atoms with Crippen molar-refractivity contribution in [1.29, 1.82) is 0 Å². The summed E-state index contributed by atoms with van der Waals surface area (Å²) in [7, 11) is 0. The highest BCUT2D eigenvalue weighted by atomic mass is 16.3. The molecule has 0 aliphatic rings. The maximum atomic E-state index is 5.60. The number of nitrogens with zero attached hydrogens (tertiary/aromatic N) is 2. The van der Waals surface area contributed by atoms with Crippen LogP contribution in [0.15, 0.2) is 71.4 Å². The molecule has 0 atom stereocenters. The van der Waals surface area contributed by atoms with Gasteiger partial charge in [0.15, 0.2) is 0 Å². The summed E-state index contributed by atoms with van der Waals surface area (Å²) < 4.78 is 5.60. The van der Waals surface area contributed by atoms with Gasteiger partial charge in [-0.15, -0.1) is 0 Å². The summed E-state index contributed by atoms with van der Waals surface area (Å²) >= 11 is 0. The van der Waals surface area contributed by atoms with Crippen LogP contribution in [0.25, 0.3) is 21.9 Å². The smallest absolute Gasteiger partial charge is 0.127 e. The van der Waals surface area contributed by atoms with Gasteiger partial charge in [0.2, 0.25) is 0 Å². The number of fused-ring (bicyclic) bond motifs is 2. The number of aromatic nitrogens is 3. The minimum Gasteiger partial charge on any atom is -0.465 e. The van der Waals surface area contributed by atoms with Gasteiger partial charge in [-0.1, -0.05) is 12.1 Å². The first-order chi connectivity index (χ1) is 14.2. The van der Waals surface area contributed by atoms with Crippen LogP contribution in [0.1, 0.15) is 17.1 Å². The average Bonchev–Trinajstić information content (AvgIpc) is 3.38. The molecule has 0 amide bonds. The molecular weight excluding hydrogens is 362 g/mol. The zero-order valence-corrected chi connectivity index (χ0v) is 16.1. The van der Waals surface area contributed by atoms with E-state index in [1.165, 1.54) is 5.56 Å². The van der Waals surface area contributed by atoms with Gasteiger partial charge in [-0.2, -0.15) is 0 Å². The van der Waals surface area contributed by atoms with Crippen LogP contribution < -0.4 is 10.6 Å². The number of hydrogen-bond donors (Lipinski definition) is 3. The minimum absolute atomic E-state index is 0.611. The lowest BCUT2D eigenvalue weighted by Crippen LogP contribution is -2.02. The number of nitrogens with one attached hydrogen (secondary N) is 3. The van der Waals surface area contributed by atoms with Gasteiger partial charge < -0.3 is 20.0 Å². The molecule has 29 heavy (non-hydrogen) atoms. The Morgan fingerprint density at radius 1 is 0.931 bits per heavy atom. The molecule has 0 aliphatic carbocycles. The van der Waals surface area contributed by atoms with E-state index in [0.29, 0.717) is 6.54 Å². The summed E-state index contributed by atoms with van der Waals surface area (Å²) in [6.07, 6.45) is 1.72. The number of aromatic amines is 1. The predicted octanol–water partition coefficient (Wildman–Crippen LogP) is 5.24. The molecule has 3 N–H and O–H groups in total. The first kappa shape index (κ1) is 17.3. The summed E-state index contributed by atoms with van der Waals surface area (Å²) in [5.41, 5.74) is 5.21. The van der Waals surface area contributed by atoms with E-state index >= 15 is 0 Å². The molecular formula is C23H21N5O. The highest BCUT2D eigenvalue weighted by Crippen LogP contribution is 2.25. The van der Waals surface area contributed by atoms with Gasteiger partial charge >= 0.3 is 0 Å². The zero-order valence-electron chi connectivity index (χ0n) is 16.1. The quantitative estimate of drug-likeness (QED) is 0.374. The number of aryl methyl sites for hydroxylation is 1. The molecule has 0 aliphatic heterocycles. The number of imidazole rings is 1. The molecule has 3 heterocycles.